The van der Waals surface area contributed by atoms with Crippen molar-refractivity contribution in [3.05, 3.63) is 11.1 Å². The summed E-state index contributed by atoms with van der Waals surface area (Å²) in [5.74, 6) is -1.16. The Morgan fingerprint density at radius 2 is 2.31 bits per heavy atom. The van der Waals surface area contributed by atoms with E-state index in [-0.39, 0.29) is 17.1 Å². The van der Waals surface area contributed by atoms with Crippen molar-refractivity contribution in [1.82, 2.24) is 10.2 Å². The zero-order chi connectivity index (χ0) is 10.0. The second-order valence-corrected chi connectivity index (χ2v) is 3.56. The smallest absolute Gasteiger partial charge is 0.352 e. The summed E-state index contributed by atoms with van der Waals surface area (Å²) < 4.78 is 0. The number of likely N-dealkylation sites (N-methyl/N-ethyl adjacent to an activating group) is 1. The van der Waals surface area contributed by atoms with E-state index in [2.05, 4.69) is 5.32 Å². The number of carbonyl (C=O) groups is 2. The van der Waals surface area contributed by atoms with Crippen molar-refractivity contribution in [1.29, 1.82) is 0 Å². The van der Waals surface area contributed by atoms with Gasteiger partial charge in [0.05, 0.1) is 0 Å². The molecule has 0 fully saturated rings. The number of amides is 1. The molecule has 6 heteroatoms. The Hall–Kier alpha value is -1.17. The van der Waals surface area contributed by atoms with Crippen LogP contribution >= 0.6 is 11.8 Å². The van der Waals surface area contributed by atoms with E-state index in [9.17, 15) is 9.59 Å². The standard InChI is InChI=1S/C7H10N2O3S/c1-4(10)8-7-9(2)5(3-13-7)6(11)12/h3,7H,1-2H3,(H,8,10)(H,11,12). The molecule has 0 saturated carbocycles. The van der Waals surface area contributed by atoms with Gasteiger partial charge in [0.15, 0.2) is 5.50 Å². The van der Waals surface area contributed by atoms with E-state index in [0.29, 0.717) is 0 Å². The van der Waals surface area contributed by atoms with E-state index in [1.165, 1.54) is 29.0 Å². The molecule has 13 heavy (non-hydrogen) atoms. The van der Waals surface area contributed by atoms with Crippen LogP contribution in [0.3, 0.4) is 0 Å². The molecule has 0 radical (unpaired) electrons. The number of nitrogens with zero attached hydrogens (tertiary/aromatic N) is 1. The molecule has 0 aromatic carbocycles. The van der Waals surface area contributed by atoms with Crippen LogP contribution in [0.25, 0.3) is 0 Å². The molecule has 5 nitrogen and oxygen atoms in total. The van der Waals surface area contributed by atoms with Gasteiger partial charge in [-0.2, -0.15) is 0 Å². The molecule has 0 bridgehead atoms. The highest BCUT2D eigenvalue weighted by Gasteiger charge is 2.27. The molecule has 72 valence electrons. The molecule has 0 aromatic heterocycles. The number of rotatable bonds is 2. The molecule has 1 rings (SSSR count). The van der Waals surface area contributed by atoms with Gasteiger partial charge in [0.2, 0.25) is 5.91 Å². The maximum absolute atomic E-state index is 10.7. The minimum Gasteiger partial charge on any atom is -0.477 e. The second-order valence-electron chi connectivity index (χ2n) is 2.61. The normalized spacial score (nSPS) is 21.2. The van der Waals surface area contributed by atoms with Crippen LogP contribution in [0.4, 0.5) is 0 Å². The maximum atomic E-state index is 10.7. The monoisotopic (exact) mass is 202 g/mol. The zero-order valence-electron chi connectivity index (χ0n) is 7.27. The highest BCUT2D eigenvalue weighted by atomic mass is 32.2. The van der Waals surface area contributed by atoms with Crippen molar-refractivity contribution in [3.63, 3.8) is 0 Å². The number of nitrogens with one attached hydrogen (secondary N) is 1. The Morgan fingerprint density at radius 1 is 1.69 bits per heavy atom. The van der Waals surface area contributed by atoms with Crippen LogP contribution in [0.5, 0.6) is 0 Å². The maximum Gasteiger partial charge on any atom is 0.352 e. The lowest BCUT2D eigenvalue weighted by molar-refractivity contribution is -0.134. The van der Waals surface area contributed by atoms with Gasteiger partial charge in [0.1, 0.15) is 5.70 Å². The summed E-state index contributed by atoms with van der Waals surface area (Å²) in [4.78, 5) is 22.8. The van der Waals surface area contributed by atoms with Crippen molar-refractivity contribution in [2.24, 2.45) is 0 Å². The summed E-state index contributed by atoms with van der Waals surface area (Å²) in [5, 5.41) is 12.8. The van der Waals surface area contributed by atoms with Crippen molar-refractivity contribution in [2.75, 3.05) is 7.05 Å². The van der Waals surface area contributed by atoms with Crippen molar-refractivity contribution in [2.45, 2.75) is 12.4 Å². The minimum atomic E-state index is -0.983. The third kappa shape index (κ3) is 2.15. The summed E-state index contributed by atoms with van der Waals surface area (Å²) in [7, 11) is 1.63. The number of hydrogen-bond donors (Lipinski definition) is 2. The number of thioether (sulfide) groups is 1. The summed E-state index contributed by atoms with van der Waals surface area (Å²) in [5.41, 5.74) is -0.104. The molecule has 1 amide bonds. The third-order valence-electron chi connectivity index (χ3n) is 1.59. The molecule has 1 unspecified atom stereocenters. The fourth-order valence-corrected chi connectivity index (χ4v) is 1.99. The topological polar surface area (TPSA) is 69.6 Å². The largest absolute Gasteiger partial charge is 0.477 e. The quantitative estimate of drug-likeness (QED) is 0.660. The van der Waals surface area contributed by atoms with E-state index in [4.69, 9.17) is 5.11 Å². The van der Waals surface area contributed by atoms with Gasteiger partial charge in [-0.1, -0.05) is 11.8 Å². The van der Waals surface area contributed by atoms with Crippen LogP contribution in [0, 0.1) is 0 Å². The first-order valence-electron chi connectivity index (χ1n) is 3.61. The van der Waals surface area contributed by atoms with E-state index in [0.717, 1.165) is 0 Å². The Bertz CT molecular complexity index is 277. The van der Waals surface area contributed by atoms with Crippen LogP contribution < -0.4 is 5.32 Å². The Labute approximate surface area is 79.8 Å². The molecule has 1 aliphatic heterocycles. The van der Waals surface area contributed by atoms with E-state index in [1.807, 2.05) is 0 Å². The Balaban J connectivity index is 2.61. The summed E-state index contributed by atoms with van der Waals surface area (Å²) in [6.45, 7) is 1.40. The van der Waals surface area contributed by atoms with E-state index >= 15 is 0 Å². The van der Waals surface area contributed by atoms with Crippen LogP contribution in [0.1, 0.15) is 6.92 Å². The fraction of sp³-hybridized carbons (Fsp3) is 0.429. The number of carboxylic acid groups (broad SMARTS) is 1. The highest BCUT2D eigenvalue weighted by Crippen LogP contribution is 2.27. The minimum absolute atomic E-state index is 0.176. The Morgan fingerprint density at radius 3 is 2.69 bits per heavy atom. The van der Waals surface area contributed by atoms with Gasteiger partial charge in [0, 0.05) is 19.4 Å². The number of carbonyl (C=O) groups excluding carboxylic acids is 1. The predicted molar refractivity (Wildman–Crippen MR) is 48.7 cm³/mol. The molecular formula is C7H10N2O3S. The van der Waals surface area contributed by atoms with Gasteiger partial charge >= 0.3 is 5.97 Å². The zero-order valence-corrected chi connectivity index (χ0v) is 8.09. The summed E-state index contributed by atoms with van der Waals surface area (Å²) in [6.07, 6.45) is 0. The van der Waals surface area contributed by atoms with Gasteiger partial charge in [-0.3, -0.25) is 4.79 Å². The van der Waals surface area contributed by atoms with Crippen LogP contribution in [-0.2, 0) is 9.59 Å². The molecule has 0 aliphatic carbocycles. The second kappa shape index (κ2) is 3.69. The molecule has 0 aromatic rings. The van der Waals surface area contributed by atoms with Crippen LogP contribution in [-0.4, -0.2) is 34.4 Å². The fourth-order valence-electron chi connectivity index (χ4n) is 0.936. The van der Waals surface area contributed by atoms with Crippen molar-refractivity contribution in [3.8, 4) is 0 Å². The van der Waals surface area contributed by atoms with Gasteiger partial charge in [-0.15, -0.1) is 0 Å². The van der Waals surface area contributed by atoms with Gasteiger partial charge in [0.25, 0.3) is 0 Å². The molecule has 1 atom stereocenters. The van der Waals surface area contributed by atoms with Crippen molar-refractivity contribution >= 4 is 23.6 Å². The van der Waals surface area contributed by atoms with E-state index < -0.39 is 5.97 Å². The molecule has 1 heterocycles. The molecule has 0 saturated heterocycles. The molecule has 0 spiro atoms. The lowest BCUT2D eigenvalue weighted by atomic mass is 10.4. The van der Waals surface area contributed by atoms with Gasteiger partial charge in [-0.25, -0.2) is 4.79 Å². The predicted octanol–water partition coefficient (Wildman–Crippen LogP) is 0.0107. The van der Waals surface area contributed by atoms with Gasteiger partial charge < -0.3 is 15.3 Å². The van der Waals surface area contributed by atoms with Crippen molar-refractivity contribution < 1.29 is 14.7 Å². The number of hydrogen-bond acceptors (Lipinski definition) is 4. The first kappa shape index (κ1) is 9.91. The number of carboxylic acids is 1. The van der Waals surface area contributed by atoms with Gasteiger partial charge in [-0.05, 0) is 0 Å². The lowest BCUT2D eigenvalue weighted by Gasteiger charge is -2.22. The summed E-state index contributed by atoms with van der Waals surface area (Å²) >= 11 is 1.27. The SMILES string of the molecule is CC(=O)NC1SC=C(C(=O)O)N1C. The molecule has 2 N–H and O–H groups in total. The highest BCUT2D eigenvalue weighted by molar-refractivity contribution is 8.02. The Kier molecular flexibility index (Phi) is 2.82. The first-order valence-corrected chi connectivity index (χ1v) is 4.55. The summed E-state index contributed by atoms with van der Waals surface area (Å²) in [6, 6.07) is 0. The first-order chi connectivity index (χ1) is 6.02. The third-order valence-corrected chi connectivity index (χ3v) is 2.64. The lowest BCUT2D eigenvalue weighted by Crippen LogP contribution is -2.41. The molecular weight excluding hydrogens is 192 g/mol. The average Bonchev–Trinajstić information content (AvgIpc) is 2.32. The van der Waals surface area contributed by atoms with E-state index in [1.54, 1.807) is 7.05 Å². The average molecular weight is 202 g/mol. The van der Waals surface area contributed by atoms with Crippen LogP contribution in [0.15, 0.2) is 11.1 Å². The van der Waals surface area contributed by atoms with Crippen LogP contribution in [0.2, 0.25) is 0 Å². The number of aliphatic carboxylic acids is 1. The molecule has 1 aliphatic rings.